The second kappa shape index (κ2) is 9.05. The van der Waals surface area contributed by atoms with E-state index in [2.05, 4.69) is 16.2 Å². The number of carbonyl (C=O) groups is 3. The molecular weight excluding hydrogens is 320 g/mol. The minimum absolute atomic E-state index is 0.0537. The topological polar surface area (TPSA) is 90.5 Å². The summed E-state index contributed by atoms with van der Waals surface area (Å²) in [6.45, 7) is 5.91. The van der Waals surface area contributed by atoms with Gasteiger partial charge in [-0.1, -0.05) is 26.8 Å². The van der Waals surface area contributed by atoms with Crippen LogP contribution in [0, 0.1) is 5.41 Å². The summed E-state index contributed by atoms with van der Waals surface area (Å²) in [7, 11) is 3.77. The molecule has 0 aliphatic rings. The number of benzene rings is 1. The molecule has 0 radical (unpaired) electrons. The van der Waals surface area contributed by atoms with Crippen molar-refractivity contribution in [2.75, 3.05) is 25.5 Å². The second-order valence-electron chi connectivity index (χ2n) is 7.06. The van der Waals surface area contributed by atoms with Gasteiger partial charge in [-0.05, 0) is 24.6 Å². The fourth-order valence-electron chi connectivity index (χ4n) is 1.90. The first-order chi connectivity index (χ1) is 11.6. The Morgan fingerprint density at radius 3 is 2.36 bits per heavy atom. The lowest BCUT2D eigenvalue weighted by Gasteiger charge is -2.17. The molecule has 7 nitrogen and oxygen atoms in total. The number of anilines is 1. The van der Waals surface area contributed by atoms with Gasteiger partial charge in [0.05, 0.1) is 0 Å². The lowest BCUT2D eigenvalue weighted by Crippen LogP contribution is -2.42. The van der Waals surface area contributed by atoms with E-state index in [1.165, 1.54) is 0 Å². The standard InChI is InChI=1S/C18H28N4O3/c1-18(2,3)17(25)19-11-7-10-15(23)20-21-16(24)13-8-6-9-14(12-13)22(4)5/h6,8-9,12H,7,10-11H2,1-5H3,(H,19,25)(H,20,23)(H,21,24). The molecule has 0 bridgehead atoms. The van der Waals surface area contributed by atoms with Crippen LogP contribution in [0.15, 0.2) is 24.3 Å². The zero-order valence-electron chi connectivity index (χ0n) is 15.6. The summed E-state index contributed by atoms with van der Waals surface area (Å²) < 4.78 is 0. The SMILES string of the molecule is CN(C)c1cccc(C(=O)NNC(=O)CCCNC(=O)C(C)(C)C)c1. The molecule has 0 saturated heterocycles. The third-order valence-corrected chi connectivity index (χ3v) is 3.49. The molecule has 0 aliphatic carbocycles. The zero-order valence-corrected chi connectivity index (χ0v) is 15.6. The Bertz CT molecular complexity index is 621. The van der Waals surface area contributed by atoms with Crippen LogP contribution < -0.4 is 21.1 Å². The zero-order chi connectivity index (χ0) is 19.0. The first-order valence-corrected chi connectivity index (χ1v) is 8.26. The largest absolute Gasteiger partial charge is 0.378 e. The Labute approximate surface area is 149 Å². The molecule has 1 rings (SSSR count). The van der Waals surface area contributed by atoms with Crippen molar-refractivity contribution in [3.63, 3.8) is 0 Å². The Balaban J connectivity index is 2.33. The van der Waals surface area contributed by atoms with Gasteiger partial charge in [-0.2, -0.15) is 0 Å². The van der Waals surface area contributed by atoms with E-state index in [9.17, 15) is 14.4 Å². The fourth-order valence-corrected chi connectivity index (χ4v) is 1.90. The van der Waals surface area contributed by atoms with E-state index in [1.54, 1.807) is 18.2 Å². The van der Waals surface area contributed by atoms with E-state index >= 15 is 0 Å². The van der Waals surface area contributed by atoms with E-state index < -0.39 is 5.41 Å². The number of hydrogen-bond donors (Lipinski definition) is 3. The van der Waals surface area contributed by atoms with Crippen LogP contribution in [0.4, 0.5) is 5.69 Å². The predicted octanol–water partition coefficient (Wildman–Crippen LogP) is 1.46. The number of rotatable bonds is 6. The fraction of sp³-hybridized carbons (Fsp3) is 0.500. The van der Waals surface area contributed by atoms with Crippen molar-refractivity contribution in [1.29, 1.82) is 0 Å². The highest BCUT2D eigenvalue weighted by molar-refractivity contribution is 5.96. The summed E-state index contributed by atoms with van der Waals surface area (Å²) in [5, 5.41) is 2.77. The summed E-state index contributed by atoms with van der Waals surface area (Å²) in [4.78, 5) is 37.4. The number of carbonyl (C=O) groups excluding carboxylic acids is 3. The van der Waals surface area contributed by atoms with Crippen LogP contribution in [0.5, 0.6) is 0 Å². The maximum atomic E-state index is 12.1. The van der Waals surface area contributed by atoms with Crippen LogP contribution in [0.3, 0.4) is 0 Å². The number of nitrogens with one attached hydrogen (secondary N) is 3. The van der Waals surface area contributed by atoms with Crippen molar-refractivity contribution in [2.24, 2.45) is 5.41 Å². The maximum Gasteiger partial charge on any atom is 0.269 e. The molecule has 3 amide bonds. The summed E-state index contributed by atoms with van der Waals surface area (Å²) >= 11 is 0. The second-order valence-corrected chi connectivity index (χ2v) is 7.06. The van der Waals surface area contributed by atoms with Crippen molar-refractivity contribution in [3.8, 4) is 0 Å². The number of amides is 3. The van der Waals surface area contributed by atoms with Crippen molar-refractivity contribution >= 4 is 23.4 Å². The third kappa shape index (κ3) is 7.24. The summed E-state index contributed by atoms with van der Waals surface area (Å²) in [5.41, 5.74) is 5.69. The van der Waals surface area contributed by atoms with Gasteiger partial charge in [0.2, 0.25) is 11.8 Å². The van der Waals surface area contributed by atoms with E-state index in [0.717, 1.165) is 5.69 Å². The normalized spacial score (nSPS) is 10.8. The van der Waals surface area contributed by atoms with Gasteiger partial charge < -0.3 is 10.2 Å². The average Bonchev–Trinajstić information content (AvgIpc) is 2.55. The van der Waals surface area contributed by atoms with Crippen LogP contribution in [0.1, 0.15) is 44.0 Å². The molecule has 0 spiro atoms. The van der Waals surface area contributed by atoms with Crippen molar-refractivity contribution in [1.82, 2.24) is 16.2 Å². The highest BCUT2D eigenvalue weighted by atomic mass is 16.2. The quantitative estimate of drug-likeness (QED) is 0.536. The van der Waals surface area contributed by atoms with E-state index in [-0.39, 0.29) is 24.1 Å². The highest BCUT2D eigenvalue weighted by Crippen LogP contribution is 2.13. The Morgan fingerprint density at radius 2 is 1.76 bits per heavy atom. The minimum Gasteiger partial charge on any atom is -0.378 e. The van der Waals surface area contributed by atoms with Gasteiger partial charge in [-0.25, -0.2) is 0 Å². The molecular formula is C18H28N4O3. The van der Waals surface area contributed by atoms with E-state index in [1.807, 2.05) is 45.8 Å². The molecule has 138 valence electrons. The van der Waals surface area contributed by atoms with Gasteiger partial charge >= 0.3 is 0 Å². The van der Waals surface area contributed by atoms with Gasteiger partial charge in [0, 0.05) is 43.7 Å². The van der Waals surface area contributed by atoms with Crippen molar-refractivity contribution < 1.29 is 14.4 Å². The molecule has 7 heteroatoms. The molecule has 0 aromatic heterocycles. The summed E-state index contributed by atoms with van der Waals surface area (Å²) in [6.07, 6.45) is 0.710. The van der Waals surface area contributed by atoms with Crippen LogP contribution in [-0.4, -0.2) is 38.4 Å². The lowest BCUT2D eigenvalue weighted by molar-refractivity contribution is -0.128. The molecule has 0 unspecified atom stereocenters. The first-order valence-electron chi connectivity index (χ1n) is 8.26. The van der Waals surface area contributed by atoms with Crippen molar-refractivity contribution in [3.05, 3.63) is 29.8 Å². The maximum absolute atomic E-state index is 12.1. The summed E-state index contributed by atoms with van der Waals surface area (Å²) in [6, 6.07) is 7.09. The monoisotopic (exact) mass is 348 g/mol. The Kier molecular flexibility index (Phi) is 7.42. The van der Waals surface area contributed by atoms with Crippen LogP contribution in [0.2, 0.25) is 0 Å². The van der Waals surface area contributed by atoms with E-state index in [4.69, 9.17) is 0 Å². The van der Waals surface area contributed by atoms with Crippen LogP contribution in [0.25, 0.3) is 0 Å². The van der Waals surface area contributed by atoms with Gasteiger partial charge in [-0.3, -0.25) is 25.2 Å². The lowest BCUT2D eigenvalue weighted by atomic mass is 9.96. The first kappa shape index (κ1) is 20.5. The third-order valence-electron chi connectivity index (χ3n) is 3.49. The number of nitrogens with zero attached hydrogens (tertiary/aromatic N) is 1. The van der Waals surface area contributed by atoms with Gasteiger partial charge in [0.15, 0.2) is 0 Å². The molecule has 0 aliphatic heterocycles. The highest BCUT2D eigenvalue weighted by Gasteiger charge is 2.20. The Morgan fingerprint density at radius 1 is 1.08 bits per heavy atom. The molecule has 3 N–H and O–H groups in total. The molecule has 0 saturated carbocycles. The minimum atomic E-state index is -0.447. The Hall–Kier alpha value is -2.57. The number of hydrogen-bond acceptors (Lipinski definition) is 4. The van der Waals surface area contributed by atoms with Gasteiger partial charge in [0.1, 0.15) is 0 Å². The van der Waals surface area contributed by atoms with E-state index in [0.29, 0.717) is 18.5 Å². The van der Waals surface area contributed by atoms with Crippen LogP contribution >= 0.6 is 0 Å². The molecule has 0 fully saturated rings. The summed E-state index contributed by atoms with van der Waals surface area (Å²) in [5.74, 6) is -0.734. The average molecular weight is 348 g/mol. The van der Waals surface area contributed by atoms with Gasteiger partial charge in [0.25, 0.3) is 5.91 Å². The van der Waals surface area contributed by atoms with Gasteiger partial charge in [-0.15, -0.1) is 0 Å². The molecule has 0 heterocycles. The molecule has 0 atom stereocenters. The molecule has 1 aromatic rings. The predicted molar refractivity (Wildman–Crippen MR) is 98.1 cm³/mol. The smallest absolute Gasteiger partial charge is 0.269 e. The molecule has 25 heavy (non-hydrogen) atoms. The molecule has 1 aromatic carbocycles. The number of hydrazine groups is 1. The van der Waals surface area contributed by atoms with Crippen molar-refractivity contribution in [2.45, 2.75) is 33.6 Å². The van der Waals surface area contributed by atoms with Crippen LogP contribution in [-0.2, 0) is 9.59 Å².